The third kappa shape index (κ3) is 48.9. The highest BCUT2D eigenvalue weighted by atomic mass is 16.6. The molecule has 0 aromatic heterocycles. The van der Waals surface area contributed by atoms with E-state index in [4.69, 9.17) is 14.2 Å². The first-order valence-electron chi connectivity index (χ1n) is 27.3. The van der Waals surface area contributed by atoms with Gasteiger partial charge in [-0.25, -0.2) is 0 Å². The summed E-state index contributed by atoms with van der Waals surface area (Å²) in [5.41, 5.74) is 0. The molecule has 1 unspecified atom stereocenters. The van der Waals surface area contributed by atoms with E-state index < -0.39 is 6.10 Å². The minimum absolute atomic E-state index is 0.0709. The normalized spacial score (nSPS) is 12.1. The van der Waals surface area contributed by atoms with Gasteiger partial charge < -0.3 is 14.2 Å². The molecule has 0 aliphatic heterocycles. The molecule has 0 aromatic rings. The predicted octanol–water partition coefficient (Wildman–Crippen LogP) is 17.9. The zero-order chi connectivity index (χ0) is 45.1. The summed E-state index contributed by atoms with van der Waals surface area (Å²) >= 11 is 0. The first-order chi connectivity index (χ1) is 30.5. The molecule has 0 rings (SSSR count). The van der Waals surface area contributed by atoms with Gasteiger partial charge in [0.15, 0.2) is 6.10 Å². The van der Waals surface area contributed by atoms with Crippen LogP contribution in [0, 0.1) is 0 Å². The van der Waals surface area contributed by atoms with Crippen molar-refractivity contribution in [1.29, 1.82) is 0 Å². The zero-order valence-electron chi connectivity index (χ0n) is 41.7. The molecule has 0 bridgehead atoms. The highest BCUT2D eigenvalue weighted by Gasteiger charge is 2.19. The number of carbonyl (C=O) groups excluding carboxylic acids is 3. The monoisotopic (exact) mass is 873 g/mol. The second-order valence-electron chi connectivity index (χ2n) is 18.5. The van der Waals surface area contributed by atoms with Crippen LogP contribution in [0.5, 0.6) is 0 Å². The average molecular weight is 873 g/mol. The molecule has 0 saturated carbocycles. The third-order valence-electron chi connectivity index (χ3n) is 12.2. The summed E-state index contributed by atoms with van der Waals surface area (Å²) in [7, 11) is 0. The van der Waals surface area contributed by atoms with Crippen LogP contribution in [0.25, 0.3) is 0 Å². The van der Waals surface area contributed by atoms with Crippen molar-refractivity contribution in [3.8, 4) is 0 Å². The van der Waals surface area contributed by atoms with E-state index in [-0.39, 0.29) is 31.1 Å². The van der Waals surface area contributed by atoms with Gasteiger partial charge in [-0.15, -0.1) is 0 Å². The van der Waals surface area contributed by atoms with Gasteiger partial charge in [0.25, 0.3) is 0 Å². The Hall–Kier alpha value is -2.11. The number of hydrogen-bond donors (Lipinski definition) is 0. The van der Waals surface area contributed by atoms with E-state index in [1.54, 1.807) is 0 Å². The molecule has 6 heteroatoms. The van der Waals surface area contributed by atoms with E-state index in [2.05, 4.69) is 45.1 Å². The molecule has 0 saturated heterocycles. The lowest BCUT2D eigenvalue weighted by Gasteiger charge is -2.18. The molecule has 0 aliphatic rings. The lowest BCUT2D eigenvalue weighted by molar-refractivity contribution is -0.167. The van der Waals surface area contributed by atoms with Gasteiger partial charge in [0.1, 0.15) is 13.2 Å². The second-order valence-corrected chi connectivity index (χ2v) is 18.5. The van der Waals surface area contributed by atoms with Crippen LogP contribution in [-0.4, -0.2) is 37.2 Å². The summed E-state index contributed by atoms with van der Waals surface area (Å²) < 4.78 is 16.8. The van der Waals surface area contributed by atoms with E-state index in [0.717, 1.165) is 57.8 Å². The van der Waals surface area contributed by atoms with Crippen LogP contribution in [0.2, 0.25) is 0 Å². The van der Waals surface area contributed by atoms with E-state index in [0.29, 0.717) is 19.3 Å². The molecular formula is C56H104O6. The minimum atomic E-state index is -0.770. The Morgan fingerprint density at radius 3 is 0.806 bits per heavy atom. The largest absolute Gasteiger partial charge is 0.462 e. The Balaban J connectivity index is 4.28. The van der Waals surface area contributed by atoms with Crippen molar-refractivity contribution < 1.29 is 28.6 Å². The third-order valence-corrected chi connectivity index (χ3v) is 12.2. The zero-order valence-corrected chi connectivity index (χ0v) is 41.7. The molecule has 0 aromatic carbocycles. The maximum atomic E-state index is 12.8. The molecule has 0 spiro atoms. The minimum Gasteiger partial charge on any atom is -0.462 e. The first kappa shape index (κ1) is 59.9. The van der Waals surface area contributed by atoms with E-state index in [9.17, 15) is 14.4 Å². The average Bonchev–Trinajstić information content (AvgIpc) is 3.27. The van der Waals surface area contributed by atoms with Crippen LogP contribution in [0.4, 0.5) is 0 Å². The van der Waals surface area contributed by atoms with Crippen molar-refractivity contribution in [3.63, 3.8) is 0 Å². The molecule has 1 atom stereocenters. The molecule has 0 amide bonds. The SMILES string of the molecule is CCCCCCCC/C=C\CCCCCCCCCC(=O)OC(COC(=O)CCCCCCCCC/C=C\CCCCCCCCC)COC(=O)CCCCCCCCCCC. The standard InChI is InChI=1S/C56H104O6/c1-4-7-10-13-16-19-21-23-25-27-29-30-32-34-37-40-43-46-49-55(58)61-52-53(51-60-54(57)48-45-42-39-36-18-15-12-9-6-3)62-56(59)50-47-44-41-38-35-33-31-28-26-24-22-20-17-14-11-8-5-2/h24-27,53H,4-23,28-52H2,1-3H3/b26-24-,27-25-. The highest BCUT2D eigenvalue weighted by Crippen LogP contribution is 2.15. The van der Waals surface area contributed by atoms with Gasteiger partial charge in [-0.2, -0.15) is 0 Å². The van der Waals surface area contributed by atoms with Crippen molar-refractivity contribution in [2.24, 2.45) is 0 Å². The number of hydrogen-bond acceptors (Lipinski definition) is 6. The Labute approximate surface area is 385 Å². The Bertz CT molecular complexity index is 1000. The predicted molar refractivity (Wildman–Crippen MR) is 266 cm³/mol. The molecule has 364 valence electrons. The van der Waals surface area contributed by atoms with Crippen LogP contribution in [0.15, 0.2) is 24.3 Å². The smallest absolute Gasteiger partial charge is 0.306 e. The Kier molecular flexibility index (Phi) is 49.8. The highest BCUT2D eigenvalue weighted by molar-refractivity contribution is 5.71. The van der Waals surface area contributed by atoms with Gasteiger partial charge in [-0.1, -0.05) is 231 Å². The lowest BCUT2D eigenvalue weighted by Crippen LogP contribution is -2.30. The maximum Gasteiger partial charge on any atom is 0.306 e. The lowest BCUT2D eigenvalue weighted by atomic mass is 10.1. The maximum absolute atomic E-state index is 12.8. The molecule has 0 radical (unpaired) electrons. The summed E-state index contributed by atoms with van der Waals surface area (Å²) in [4.78, 5) is 37.9. The summed E-state index contributed by atoms with van der Waals surface area (Å²) in [5.74, 6) is -0.868. The topological polar surface area (TPSA) is 78.9 Å². The fraction of sp³-hybridized carbons (Fsp3) is 0.875. The molecule has 6 nitrogen and oxygen atoms in total. The summed E-state index contributed by atoms with van der Waals surface area (Å²) in [6.07, 6.45) is 58.8. The number of ether oxygens (including phenoxy) is 3. The fourth-order valence-electron chi connectivity index (χ4n) is 8.02. The molecule has 62 heavy (non-hydrogen) atoms. The quantitative estimate of drug-likeness (QED) is 0.0262. The van der Waals surface area contributed by atoms with Gasteiger partial charge in [-0.05, 0) is 70.6 Å². The first-order valence-corrected chi connectivity index (χ1v) is 27.3. The second kappa shape index (κ2) is 51.5. The van der Waals surface area contributed by atoms with Crippen LogP contribution in [0.3, 0.4) is 0 Å². The van der Waals surface area contributed by atoms with Gasteiger partial charge in [-0.3, -0.25) is 14.4 Å². The van der Waals surface area contributed by atoms with E-state index in [1.165, 1.54) is 199 Å². The molecule has 0 heterocycles. The number of carbonyl (C=O) groups is 3. The van der Waals surface area contributed by atoms with Crippen LogP contribution >= 0.6 is 0 Å². The molecule has 0 aliphatic carbocycles. The fourth-order valence-corrected chi connectivity index (χ4v) is 8.02. The van der Waals surface area contributed by atoms with Crippen molar-refractivity contribution in [1.82, 2.24) is 0 Å². The summed E-state index contributed by atoms with van der Waals surface area (Å²) in [5, 5.41) is 0. The van der Waals surface area contributed by atoms with Gasteiger partial charge in [0.05, 0.1) is 0 Å². The molecular weight excluding hydrogens is 769 g/mol. The van der Waals surface area contributed by atoms with Crippen molar-refractivity contribution in [2.75, 3.05) is 13.2 Å². The molecule has 0 N–H and O–H groups in total. The Morgan fingerprint density at radius 1 is 0.306 bits per heavy atom. The van der Waals surface area contributed by atoms with Crippen LogP contribution < -0.4 is 0 Å². The van der Waals surface area contributed by atoms with E-state index in [1.807, 2.05) is 0 Å². The van der Waals surface area contributed by atoms with Gasteiger partial charge in [0, 0.05) is 19.3 Å². The Morgan fingerprint density at radius 2 is 0.532 bits per heavy atom. The van der Waals surface area contributed by atoms with Crippen LogP contribution in [0.1, 0.15) is 297 Å². The summed E-state index contributed by atoms with van der Waals surface area (Å²) in [6.45, 7) is 6.64. The van der Waals surface area contributed by atoms with Crippen molar-refractivity contribution in [3.05, 3.63) is 24.3 Å². The number of esters is 3. The van der Waals surface area contributed by atoms with E-state index >= 15 is 0 Å². The number of unbranched alkanes of at least 4 members (excludes halogenated alkanes) is 35. The molecule has 0 fully saturated rings. The van der Waals surface area contributed by atoms with Gasteiger partial charge >= 0.3 is 17.9 Å². The number of rotatable bonds is 50. The summed E-state index contributed by atoms with van der Waals surface area (Å²) in [6, 6.07) is 0. The number of allylic oxidation sites excluding steroid dienone is 4. The van der Waals surface area contributed by atoms with Crippen molar-refractivity contribution >= 4 is 17.9 Å². The van der Waals surface area contributed by atoms with Crippen LogP contribution in [-0.2, 0) is 28.6 Å². The van der Waals surface area contributed by atoms with Gasteiger partial charge in [0.2, 0.25) is 0 Å². The van der Waals surface area contributed by atoms with Crippen molar-refractivity contribution in [2.45, 2.75) is 303 Å².